The number of carbonyl (C=O) groups excluding carboxylic acids is 1. The van der Waals surface area contributed by atoms with Gasteiger partial charge in [0.25, 0.3) is 0 Å². The van der Waals surface area contributed by atoms with E-state index < -0.39 is 7.14 Å². The number of hydrogen-bond acceptors (Lipinski definition) is 2. The molecule has 2 nitrogen and oxygen atoms in total. The van der Waals surface area contributed by atoms with Gasteiger partial charge in [-0.05, 0) is 63.7 Å². The molecule has 1 aromatic rings. The average molecular weight is 329 g/mol. The Balaban J connectivity index is 2.57. The molecule has 2 unspecified atom stereocenters. The van der Waals surface area contributed by atoms with Gasteiger partial charge in [0, 0.05) is 17.5 Å². The molecular weight excluding hydrogens is 303 g/mol. The number of allylic oxidation sites excluding steroid dienone is 4. The van der Waals surface area contributed by atoms with Crippen molar-refractivity contribution in [1.82, 2.24) is 0 Å². The highest BCUT2D eigenvalue weighted by Gasteiger charge is 2.36. The van der Waals surface area contributed by atoms with Crippen LogP contribution in [-0.4, -0.2) is 12.2 Å². The second-order valence-corrected chi connectivity index (χ2v) is 9.61. The average Bonchev–Trinajstić information content (AvgIpc) is 2.35. The zero-order valence-electron chi connectivity index (χ0n) is 15.2. The van der Waals surface area contributed by atoms with Gasteiger partial charge in [0.2, 0.25) is 5.52 Å². The van der Waals surface area contributed by atoms with E-state index >= 15 is 0 Å². The van der Waals surface area contributed by atoms with E-state index in [9.17, 15) is 9.36 Å². The molecule has 1 radical (unpaired) electrons. The third-order valence-corrected chi connectivity index (χ3v) is 7.04. The molecule has 0 amide bonds. The fourth-order valence-electron chi connectivity index (χ4n) is 3.81. The molecule has 2 atom stereocenters. The lowest BCUT2D eigenvalue weighted by atomic mass is 9.93. The van der Waals surface area contributed by atoms with Crippen molar-refractivity contribution in [1.29, 1.82) is 0 Å². The molecule has 0 bridgehead atoms. The van der Waals surface area contributed by atoms with Crippen LogP contribution in [0.3, 0.4) is 0 Å². The lowest BCUT2D eigenvalue weighted by molar-refractivity contribution is 0.107. The summed E-state index contributed by atoms with van der Waals surface area (Å²) in [5.74, 6) is 0.316. The first-order valence-corrected chi connectivity index (χ1v) is 10.2. The molecule has 0 aliphatic heterocycles. The summed E-state index contributed by atoms with van der Waals surface area (Å²) in [6.07, 6.45) is 4.17. The quantitative estimate of drug-likeness (QED) is 0.655. The van der Waals surface area contributed by atoms with Crippen LogP contribution in [-0.2, 0) is 4.57 Å². The van der Waals surface area contributed by atoms with Gasteiger partial charge >= 0.3 is 0 Å². The highest BCUT2D eigenvalue weighted by molar-refractivity contribution is 7.84. The minimum atomic E-state index is -3.15. The SMILES string of the molecule is CC1=CC(C)[CH]C(C)=C1P(C)(=O)C(=O)c1c(C)cc(C)cc1C. The van der Waals surface area contributed by atoms with E-state index in [2.05, 4.69) is 19.4 Å². The number of rotatable bonds is 3. The molecule has 1 aliphatic carbocycles. The van der Waals surface area contributed by atoms with Crippen molar-refractivity contribution >= 4 is 12.7 Å². The topological polar surface area (TPSA) is 34.1 Å². The summed E-state index contributed by atoms with van der Waals surface area (Å²) in [7, 11) is -3.15. The number of benzene rings is 1. The van der Waals surface area contributed by atoms with Crippen LogP contribution in [0.5, 0.6) is 0 Å². The fraction of sp³-hybridized carbons (Fsp3) is 0.400. The van der Waals surface area contributed by atoms with Crippen LogP contribution in [0.2, 0.25) is 0 Å². The molecule has 0 N–H and O–H groups in total. The lowest BCUT2D eigenvalue weighted by Crippen LogP contribution is -2.12. The van der Waals surface area contributed by atoms with Crippen molar-refractivity contribution in [3.63, 3.8) is 0 Å². The summed E-state index contributed by atoms with van der Waals surface area (Å²) in [6, 6.07) is 3.97. The maximum atomic E-state index is 13.5. The van der Waals surface area contributed by atoms with Gasteiger partial charge in [0.1, 0.15) is 0 Å². The van der Waals surface area contributed by atoms with Crippen molar-refractivity contribution in [2.24, 2.45) is 5.92 Å². The predicted octanol–water partition coefficient (Wildman–Crippen LogP) is 5.82. The fourth-order valence-corrected chi connectivity index (χ4v) is 6.29. The molecule has 0 spiro atoms. The molecule has 0 aromatic heterocycles. The highest BCUT2D eigenvalue weighted by Crippen LogP contribution is 2.59. The van der Waals surface area contributed by atoms with E-state index in [0.29, 0.717) is 11.5 Å². The summed E-state index contributed by atoms with van der Waals surface area (Å²) < 4.78 is 13.5. The summed E-state index contributed by atoms with van der Waals surface area (Å²) >= 11 is 0. The van der Waals surface area contributed by atoms with Gasteiger partial charge in [0.05, 0.1) is 0 Å². The predicted molar refractivity (Wildman–Crippen MR) is 98.4 cm³/mol. The van der Waals surface area contributed by atoms with Crippen molar-refractivity contribution < 1.29 is 9.36 Å². The van der Waals surface area contributed by atoms with Crippen molar-refractivity contribution in [3.8, 4) is 0 Å². The lowest BCUT2D eigenvalue weighted by Gasteiger charge is -2.26. The first-order valence-electron chi connectivity index (χ1n) is 8.01. The third-order valence-electron chi connectivity index (χ3n) is 4.48. The van der Waals surface area contributed by atoms with Gasteiger partial charge in [0.15, 0.2) is 7.14 Å². The van der Waals surface area contributed by atoms with E-state index in [1.165, 1.54) is 0 Å². The van der Waals surface area contributed by atoms with Crippen LogP contribution in [0, 0.1) is 33.1 Å². The van der Waals surface area contributed by atoms with Gasteiger partial charge in [-0.25, -0.2) is 0 Å². The van der Waals surface area contributed by atoms with Gasteiger partial charge in [-0.3, -0.25) is 4.79 Å². The Kier molecular flexibility index (Phi) is 4.87. The molecule has 0 saturated carbocycles. The van der Waals surface area contributed by atoms with Crippen LogP contribution < -0.4 is 0 Å². The van der Waals surface area contributed by atoms with E-state index in [1.54, 1.807) is 6.66 Å². The normalized spacial score (nSPS) is 21.0. The van der Waals surface area contributed by atoms with E-state index in [1.807, 2.05) is 46.8 Å². The monoisotopic (exact) mass is 329 g/mol. The van der Waals surface area contributed by atoms with E-state index in [4.69, 9.17) is 0 Å². The molecule has 1 aliphatic rings. The molecule has 1 aromatic carbocycles. The van der Waals surface area contributed by atoms with Crippen LogP contribution in [0.1, 0.15) is 47.8 Å². The Hall–Kier alpha value is -1.40. The number of carbonyl (C=O) groups is 1. The molecule has 123 valence electrons. The van der Waals surface area contributed by atoms with Crippen LogP contribution in [0.15, 0.2) is 34.7 Å². The zero-order chi connectivity index (χ0) is 17.5. The smallest absolute Gasteiger partial charge is 0.225 e. The third kappa shape index (κ3) is 3.28. The standard InChI is InChI=1S/C20H26O2P/c1-12-8-14(3)18(15(4)9-12)20(21)23(7,22)19-16(5)10-13(2)11-17(19)6/h8-11,13H,1-7H3. The second kappa shape index (κ2) is 6.24. The molecular formula is C20H26O2P. The van der Waals surface area contributed by atoms with Gasteiger partial charge in [-0.2, -0.15) is 0 Å². The van der Waals surface area contributed by atoms with Crippen LogP contribution in [0.25, 0.3) is 0 Å². The highest BCUT2D eigenvalue weighted by atomic mass is 31.2. The Morgan fingerprint density at radius 3 is 2.04 bits per heavy atom. The first kappa shape index (κ1) is 17.9. The number of hydrogen-bond donors (Lipinski definition) is 0. The van der Waals surface area contributed by atoms with Gasteiger partial charge in [-0.1, -0.05) is 36.3 Å². The molecule has 3 heteroatoms. The largest absolute Gasteiger partial charge is 0.310 e. The summed E-state index contributed by atoms with van der Waals surface area (Å²) in [5.41, 5.74) is 5.27. The molecule has 0 fully saturated rings. The maximum absolute atomic E-state index is 13.5. The first-order chi connectivity index (χ1) is 10.6. The van der Waals surface area contributed by atoms with Crippen LogP contribution >= 0.6 is 7.14 Å². The van der Waals surface area contributed by atoms with E-state index in [0.717, 1.165) is 33.2 Å². The minimum absolute atomic E-state index is 0.224. The zero-order valence-corrected chi connectivity index (χ0v) is 16.0. The molecule has 0 heterocycles. The Morgan fingerprint density at radius 2 is 1.57 bits per heavy atom. The van der Waals surface area contributed by atoms with Gasteiger partial charge in [-0.15, -0.1) is 0 Å². The van der Waals surface area contributed by atoms with E-state index in [-0.39, 0.29) is 5.52 Å². The summed E-state index contributed by atoms with van der Waals surface area (Å²) in [6.45, 7) is 13.5. The Labute approximate surface area is 140 Å². The maximum Gasteiger partial charge on any atom is 0.225 e. The Morgan fingerprint density at radius 1 is 1.04 bits per heavy atom. The number of aryl methyl sites for hydroxylation is 3. The minimum Gasteiger partial charge on any atom is -0.310 e. The van der Waals surface area contributed by atoms with Crippen molar-refractivity contribution in [2.75, 3.05) is 6.66 Å². The molecule has 2 rings (SSSR count). The van der Waals surface area contributed by atoms with Gasteiger partial charge < -0.3 is 4.57 Å². The summed E-state index contributed by atoms with van der Waals surface area (Å²) in [4.78, 5) is 13.2. The summed E-state index contributed by atoms with van der Waals surface area (Å²) in [5, 5.41) is 0.736. The van der Waals surface area contributed by atoms with Crippen molar-refractivity contribution in [3.05, 3.63) is 63.3 Å². The molecule has 23 heavy (non-hydrogen) atoms. The van der Waals surface area contributed by atoms with Crippen molar-refractivity contribution in [2.45, 2.75) is 41.5 Å². The molecule has 0 saturated heterocycles. The van der Waals surface area contributed by atoms with Crippen LogP contribution in [0.4, 0.5) is 0 Å². The Bertz CT molecular complexity index is 758. The second-order valence-electron chi connectivity index (χ2n) is 6.91.